The highest BCUT2D eigenvalue weighted by Crippen LogP contribution is 2.13. The molecule has 1 N–H and O–H groups in total. The molecule has 0 saturated carbocycles. The minimum Gasteiger partial charge on any atom is -0.349 e. The van der Waals surface area contributed by atoms with E-state index in [9.17, 15) is 14.0 Å². The summed E-state index contributed by atoms with van der Waals surface area (Å²) in [6.45, 7) is 3.08. The van der Waals surface area contributed by atoms with Gasteiger partial charge < -0.3 is 10.2 Å². The summed E-state index contributed by atoms with van der Waals surface area (Å²) in [5.41, 5.74) is 1.84. The maximum Gasteiger partial charge on any atom is 0.242 e. The van der Waals surface area contributed by atoms with Gasteiger partial charge in [0.25, 0.3) is 0 Å². The third-order valence-corrected chi connectivity index (χ3v) is 4.24. The minimum absolute atomic E-state index is 0.0299. The first-order valence-corrected chi connectivity index (χ1v) is 8.31. The molecule has 0 aliphatic carbocycles. The molecule has 1 aliphatic rings. The molecular formula is C18H21FN4O2. The molecule has 0 bridgehead atoms. The van der Waals surface area contributed by atoms with Crippen molar-refractivity contribution >= 4 is 11.8 Å². The van der Waals surface area contributed by atoms with Crippen LogP contribution in [0.2, 0.25) is 0 Å². The van der Waals surface area contributed by atoms with Crippen LogP contribution in [0.3, 0.4) is 0 Å². The molecule has 1 aliphatic heterocycles. The molecule has 2 aromatic rings. The highest BCUT2D eigenvalue weighted by molar-refractivity contribution is 5.82. The lowest BCUT2D eigenvalue weighted by molar-refractivity contribution is -0.127. The molecule has 0 unspecified atom stereocenters. The van der Waals surface area contributed by atoms with Crippen LogP contribution in [0.15, 0.2) is 36.5 Å². The Morgan fingerprint density at radius 2 is 2.08 bits per heavy atom. The zero-order valence-corrected chi connectivity index (χ0v) is 14.1. The summed E-state index contributed by atoms with van der Waals surface area (Å²) >= 11 is 0. The molecule has 1 aromatic carbocycles. The van der Waals surface area contributed by atoms with E-state index in [2.05, 4.69) is 10.4 Å². The smallest absolute Gasteiger partial charge is 0.242 e. The molecule has 7 heteroatoms. The Kier molecular flexibility index (Phi) is 5.11. The van der Waals surface area contributed by atoms with E-state index in [1.165, 1.54) is 12.1 Å². The number of likely N-dealkylation sites (tertiary alicyclic amines) is 1. The Morgan fingerprint density at radius 1 is 1.32 bits per heavy atom. The van der Waals surface area contributed by atoms with Crippen molar-refractivity contribution in [3.8, 4) is 0 Å². The summed E-state index contributed by atoms with van der Waals surface area (Å²) in [5.74, 6) is -0.389. The highest BCUT2D eigenvalue weighted by atomic mass is 19.1. The van der Waals surface area contributed by atoms with E-state index >= 15 is 0 Å². The Hall–Kier alpha value is -2.70. The van der Waals surface area contributed by atoms with Crippen molar-refractivity contribution in [3.05, 3.63) is 53.6 Å². The van der Waals surface area contributed by atoms with Crippen LogP contribution in [0.1, 0.15) is 17.7 Å². The molecule has 1 atom stereocenters. The normalized spacial score (nSPS) is 17.1. The lowest BCUT2D eigenvalue weighted by Gasteiger charge is -2.17. The van der Waals surface area contributed by atoms with Gasteiger partial charge in [-0.25, -0.2) is 4.39 Å². The summed E-state index contributed by atoms with van der Waals surface area (Å²) in [6, 6.07) is 7.94. The topological polar surface area (TPSA) is 67.2 Å². The van der Waals surface area contributed by atoms with Crippen molar-refractivity contribution < 1.29 is 14.0 Å². The van der Waals surface area contributed by atoms with Gasteiger partial charge in [0, 0.05) is 25.7 Å². The van der Waals surface area contributed by atoms with Gasteiger partial charge in [0.05, 0.1) is 11.7 Å². The first-order chi connectivity index (χ1) is 12.0. The number of benzene rings is 1. The largest absolute Gasteiger partial charge is 0.349 e. The maximum atomic E-state index is 12.9. The molecule has 3 rings (SSSR count). The summed E-state index contributed by atoms with van der Waals surface area (Å²) in [5, 5.41) is 7.07. The van der Waals surface area contributed by atoms with Crippen LogP contribution >= 0.6 is 0 Å². The number of nitrogens with one attached hydrogen (secondary N) is 1. The number of aromatic nitrogens is 2. The van der Waals surface area contributed by atoms with Crippen LogP contribution in [-0.4, -0.2) is 45.6 Å². The van der Waals surface area contributed by atoms with Gasteiger partial charge in [-0.3, -0.25) is 14.3 Å². The zero-order chi connectivity index (χ0) is 17.8. The molecule has 2 amide bonds. The third kappa shape index (κ3) is 4.65. The number of hydrogen-bond acceptors (Lipinski definition) is 3. The predicted molar refractivity (Wildman–Crippen MR) is 90.2 cm³/mol. The van der Waals surface area contributed by atoms with E-state index in [0.717, 1.165) is 11.3 Å². The number of hydrogen-bond donors (Lipinski definition) is 1. The van der Waals surface area contributed by atoms with E-state index in [1.54, 1.807) is 27.9 Å². The Bertz CT molecular complexity index is 757. The average Bonchev–Trinajstić information content (AvgIpc) is 3.12. The van der Waals surface area contributed by atoms with Gasteiger partial charge in [0.15, 0.2) is 0 Å². The van der Waals surface area contributed by atoms with Crippen LogP contribution in [0.25, 0.3) is 0 Å². The van der Waals surface area contributed by atoms with E-state index in [-0.39, 0.29) is 30.2 Å². The molecule has 1 fully saturated rings. The second-order valence-corrected chi connectivity index (χ2v) is 6.34. The van der Waals surface area contributed by atoms with Gasteiger partial charge in [-0.15, -0.1) is 0 Å². The number of aryl methyl sites for hydroxylation is 1. The van der Waals surface area contributed by atoms with Gasteiger partial charge in [-0.05, 0) is 37.1 Å². The summed E-state index contributed by atoms with van der Waals surface area (Å²) in [4.78, 5) is 25.9. The predicted octanol–water partition coefficient (Wildman–Crippen LogP) is 1.29. The standard InChI is InChI=1S/C18H21FN4O2/c1-13-6-9-23(21-13)12-17(24)20-16-10-18(25)22(11-16)8-7-14-2-4-15(19)5-3-14/h2-6,9,16H,7-8,10-12H2,1H3,(H,20,24)/t16-/m0/s1. The van der Waals surface area contributed by atoms with Crippen LogP contribution < -0.4 is 5.32 Å². The van der Waals surface area contributed by atoms with Crippen molar-refractivity contribution in [2.45, 2.75) is 32.4 Å². The number of carbonyl (C=O) groups excluding carboxylic acids is 2. The SMILES string of the molecule is Cc1ccn(CC(=O)N[C@H]2CC(=O)N(CCc3ccc(F)cc3)C2)n1. The number of carbonyl (C=O) groups is 2. The van der Waals surface area contributed by atoms with Crippen molar-refractivity contribution in [3.63, 3.8) is 0 Å². The fourth-order valence-corrected chi connectivity index (χ4v) is 2.97. The van der Waals surface area contributed by atoms with Crippen molar-refractivity contribution in [2.75, 3.05) is 13.1 Å². The molecule has 25 heavy (non-hydrogen) atoms. The monoisotopic (exact) mass is 344 g/mol. The molecule has 1 saturated heterocycles. The quantitative estimate of drug-likeness (QED) is 0.859. The van der Waals surface area contributed by atoms with Crippen LogP contribution in [0.4, 0.5) is 4.39 Å². The average molecular weight is 344 g/mol. The zero-order valence-electron chi connectivity index (χ0n) is 14.1. The maximum absolute atomic E-state index is 12.9. The number of rotatable bonds is 6. The lowest BCUT2D eigenvalue weighted by Crippen LogP contribution is -2.39. The van der Waals surface area contributed by atoms with Crippen LogP contribution in [-0.2, 0) is 22.6 Å². The summed E-state index contributed by atoms with van der Waals surface area (Å²) in [7, 11) is 0. The first kappa shape index (κ1) is 17.1. The molecule has 1 aromatic heterocycles. The summed E-state index contributed by atoms with van der Waals surface area (Å²) in [6.07, 6.45) is 2.73. The second kappa shape index (κ2) is 7.46. The van der Waals surface area contributed by atoms with E-state index in [0.29, 0.717) is 25.9 Å². The molecular weight excluding hydrogens is 323 g/mol. The van der Waals surface area contributed by atoms with Crippen LogP contribution in [0, 0.1) is 12.7 Å². The Morgan fingerprint density at radius 3 is 2.76 bits per heavy atom. The highest BCUT2D eigenvalue weighted by Gasteiger charge is 2.30. The van der Waals surface area contributed by atoms with E-state index in [4.69, 9.17) is 0 Å². The van der Waals surface area contributed by atoms with Gasteiger partial charge in [-0.2, -0.15) is 5.10 Å². The van der Waals surface area contributed by atoms with Crippen LogP contribution in [0.5, 0.6) is 0 Å². The fourth-order valence-electron chi connectivity index (χ4n) is 2.97. The van der Waals surface area contributed by atoms with Crippen molar-refractivity contribution in [1.29, 1.82) is 0 Å². The minimum atomic E-state index is -0.267. The number of amides is 2. The van der Waals surface area contributed by atoms with Crippen molar-refractivity contribution in [1.82, 2.24) is 20.0 Å². The number of nitrogens with zero attached hydrogens (tertiary/aromatic N) is 3. The van der Waals surface area contributed by atoms with Gasteiger partial charge >= 0.3 is 0 Å². The Balaban J connectivity index is 1.46. The lowest BCUT2D eigenvalue weighted by atomic mass is 10.1. The van der Waals surface area contributed by atoms with Crippen molar-refractivity contribution in [2.24, 2.45) is 0 Å². The summed E-state index contributed by atoms with van der Waals surface area (Å²) < 4.78 is 14.5. The Labute approximate surface area is 145 Å². The molecule has 6 nitrogen and oxygen atoms in total. The number of halogens is 1. The molecule has 0 spiro atoms. The molecule has 132 valence electrons. The second-order valence-electron chi connectivity index (χ2n) is 6.34. The molecule has 2 heterocycles. The van der Waals surface area contributed by atoms with Gasteiger partial charge in [0.2, 0.25) is 11.8 Å². The van der Waals surface area contributed by atoms with E-state index in [1.807, 2.05) is 13.0 Å². The first-order valence-electron chi connectivity index (χ1n) is 8.31. The fraction of sp³-hybridized carbons (Fsp3) is 0.389. The third-order valence-electron chi connectivity index (χ3n) is 4.24. The molecule has 0 radical (unpaired) electrons. The van der Waals surface area contributed by atoms with Gasteiger partial charge in [0.1, 0.15) is 12.4 Å². The van der Waals surface area contributed by atoms with Gasteiger partial charge in [-0.1, -0.05) is 12.1 Å². The van der Waals surface area contributed by atoms with E-state index < -0.39 is 0 Å².